The second-order valence-corrected chi connectivity index (χ2v) is 37.6. The zero-order valence-corrected chi connectivity index (χ0v) is 83.1. The van der Waals surface area contributed by atoms with Crippen LogP contribution in [0.4, 0.5) is 71.8 Å². The number of carbonyl (C=O) groups is 6. The summed E-state index contributed by atoms with van der Waals surface area (Å²) in [6, 6.07) is 41.7. The maximum atomic E-state index is 13.3. The second-order valence-electron chi connectivity index (χ2n) is 30.0. The number of hydrogen-bond acceptors (Lipinski definition) is 30. The van der Waals surface area contributed by atoms with Crippen LogP contribution in [0.3, 0.4) is 0 Å². The van der Waals surface area contributed by atoms with Crippen molar-refractivity contribution < 1.29 is 197 Å². The Morgan fingerprint density at radius 2 is 0.718 bits per heavy atom. The van der Waals surface area contributed by atoms with Gasteiger partial charge in [-0.05, 0) is 171 Å². The Morgan fingerprint density at radius 1 is 0.423 bits per heavy atom. The van der Waals surface area contributed by atoms with Crippen molar-refractivity contribution in [3.05, 3.63) is 341 Å². The van der Waals surface area contributed by atoms with Crippen molar-refractivity contribution in [2.75, 3.05) is 26.6 Å². The minimum absolute atomic E-state index is 0. The number of nitrogen functional groups attached to an aromatic ring is 1. The Labute approximate surface area is 886 Å². The van der Waals surface area contributed by atoms with Crippen molar-refractivity contribution in [1.29, 1.82) is 0 Å². The maximum absolute atomic E-state index is 13.3. The van der Waals surface area contributed by atoms with Gasteiger partial charge in [-0.25, -0.2) is 48.7 Å². The van der Waals surface area contributed by atoms with Gasteiger partial charge in [-0.15, -0.1) is 0 Å². The number of cyclic esters (lactones) is 4. The van der Waals surface area contributed by atoms with E-state index in [4.69, 9.17) is 72.6 Å². The van der Waals surface area contributed by atoms with Crippen molar-refractivity contribution in [2.24, 2.45) is 0 Å². The molecule has 4 atom stereocenters. The normalized spacial score (nSPS) is 14.5. The van der Waals surface area contributed by atoms with Crippen LogP contribution in [0.25, 0.3) is 57.3 Å². The number of rotatable bonds is 19. The monoisotopic (exact) mass is 2350 g/mol. The summed E-state index contributed by atoms with van der Waals surface area (Å²) in [5.74, 6) is -2.43. The van der Waals surface area contributed by atoms with Gasteiger partial charge in [0.05, 0.1) is 85.7 Å². The molecule has 776 valence electrons. The van der Waals surface area contributed by atoms with Crippen molar-refractivity contribution in [2.45, 2.75) is 101 Å². The fraction of sp³-hybridized carbons (Fsp3) is 0.200. The molecule has 149 heavy (non-hydrogen) atoms. The molecule has 4 unspecified atom stereocenters. The molecule has 0 aliphatic carbocycles. The Balaban J connectivity index is 0.000000183. The molecular weight excluding hydrogens is 2290 g/mol. The zero-order chi connectivity index (χ0) is 106. The van der Waals surface area contributed by atoms with Gasteiger partial charge in [0.15, 0.2) is 35.1 Å². The quantitative estimate of drug-likeness (QED) is 0.00873. The number of hydrogen-bond donors (Lipinski definition) is 2. The number of nitrogens with one attached hydrogen (secondary N) is 1. The van der Waals surface area contributed by atoms with E-state index in [-0.39, 0.29) is 241 Å². The Hall–Kier alpha value is -13.7. The summed E-state index contributed by atoms with van der Waals surface area (Å²) in [6.07, 6.45) is -19.8. The first-order valence-electron chi connectivity index (χ1n) is 41.6. The Bertz CT molecular complexity index is 7220. The number of esters is 5. The van der Waals surface area contributed by atoms with E-state index >= 15 is 0 Å². The standard InChI is InChI=1S/C19H13F3N2O4.C18H10ClF3N2O3.C18H12F3N3O3.C18H11F3N2O4.C13H12N2O5.C8H6BrF3.CH4.Cl3OP.HI.Li/c1-26-18-23-15(12-7-4-8-27-12)14-16(24-18)13(28-17(14)25)9-10-5-2-3-6-11(10)19(20,21)22;19-17-23-14(11-6-3-7-26-11)13-15(24-17)12(27-16(13)25)8-9-4-1-2-5-10(9)18(20,21)22;19-18(20,21)10-5-2-1-4-9(10)8-12-15-13(16(25)27-12)14(23-17(22)24-15)11-6-3-7-26-11;19-18(20,21)10-5-2-1-4-9(10)8-12-15-13(16(24)27-12)14(22-17(25)23-15)11-6-3-7-26-11;1-3-19-12(17)10-8(7-16)14-13(18-2)15-11(10)9-5-4-6-20-9;9-5-6-3-1-2-4-7(6)8(10,11)12;;1-5(2,3)4;;/h2-8,13H,9H2,1H3;1-7,12H,8H2;1-7,12H,8H2,(H2,22,23,24);1-7,12H,8H2,(H,22,23,25);4-7H,3H2,1-2H3;1-4H,5H2;1H4;;1H;/q;;;;;;;;;+1/p-1. The molecule has 15 aromatic rings. The van der Waals surface area contributed by atoms with Crippen LogP contribution in [0.5, 0.6) is 12.0 Å². The van der Waals surface area contributed by atoms with Crippen LogP contribution in [0.1, 0.15) is 179 Å². The smallest absolute Gasteiger partial charge is 1.00 e. The van der Waals surface area contributed by atoms with E-state index in [9.17, 15) is 104 Å². The van der Waals surface area contributed by atoms with E-state index in [0.29, 0.717) is 17.8 Å². The van der Waals surface area contributed by atoms with Crippen molar-refractivity contribution in [3.8, 4) is 69.3 Å². The molecule has 54 heteroatoms. The topological polar surface area (TPSA) is 425 Å². The van der Waals surface area contributed by atoms with Crippen molar-refractivity contribution in [3.63, 3.8) is 0 Å². The van der Waals surface area contributed by atoms with E-state index in [0.717, 1.165) is 30.3 Å². The summed E-state index contributed by atoms with van der Waals surface area (Å²) in [6.45, 7) is 1.83. The van der Waals surface area contributed by atoms with Crippen LogP contribution in [-0.4, -0.2) is 107 Å². The van der Waals surface area contributed by atoms with Gasteiger partial charge in [-0.1, -0.05) is 114 Å². The number of fused-ring (bicyclic) bond motifs is 4. The van der Waals surface area contributed by atoms with Crippen LogP contribution in [-0.2, 0) is 90.1 Å². The molecule has 0 fully saturated rings. The number of aldehydes is 1. The van der Waals surface area contributed by atoms with Gasteiger partial charge in [0.2, 0.25) is 11.2 Å². The minimum Gasteiger partial charge on any atom is -1.00 e. The van der Waals surface area contributed by atoms with E-state index in [2.05, 4.69) is 99.5 Å². The Kier molecular flexibility index (Phi) is 39.4. The van der Waals surface area contributed by atoms with Crippen LogP contribution in [0.15, 0.2) is 240 Å². The van der Waals surface area contributed by atoms with Crippen molar-refractivity contribution >= 4 is 109 Å². The van der Waals surface area contributed by atoms with E-state index in [1.165, 1.54) is 137 Å². The predicted octanol–water partition coefficient (Wildman–Crippen LogP) is 19.2. The third kappa shape index (κ3) is 28.9. The fourth-order valence-corrected chi connectivity index (χ4v) is 15.5. The van der Waals surface area contributed by atoms with Crippen LogP contribution < -0.4 is 63.7 Å². The number of carbonyl (C=O) groups excluding carboxylic acids is 6. The van der Waals surface area contributed by atoms with Crippen LogP contribution in [0.2, 0.25) is 5.28 Å². The number of anilines is 1. The molecule has 4 aliphatic heterocycles. The molecule has 0 bridgehead atoms. The van der Waals surface area contributed by atoms with Crippen LogP contribution in [0, 0.1) is 0 Å². The van der Waals surface area contributed by atoms with Crippen LogP contribution >= 0.6 is 66.5 Å². The third-order valence-electron chi connectivity index (χ3n) is 20.8. The minimum atomic E-state index is -4.55. The molecule has 0 saturated heterocycles. The first-order valence-corrected chi connectivity index (χ1v) is 47.6. The number of furan rings is 5. The molecule has 3 N–H and O–H groups in total. The number of aromatic nitrogens is 10. The van der Waals surface area contributed by atoms with E-state index in [1.807, 2.05) is 0 Å². The summed E-state index contributed by atoms with van der Waals surface area (Å²) in [5, 5.41) is -3.16. The number of nitrogens with two attached hydrogens (primary N) is 1. The van der Waals surface area contributed by atoms with Gasteiger partial charge in [0.25, 0.3) is 0 Å². The number of benzene rings is 5. The molecule has 4 aliphatic rings. The number of nitrogens with zero attached hydrogens (tertiary/aromatic N) is 9. The van der Waals surface area contributed by atoms with Gasteiger partial charge in [0, 0.05) is 31.0 Å². The molecule has 10 aromatic heterocycles. The summed E-state index contributed by atoms with van der Waals surface area (Å²) in [7, 11) is 2.71. The molecule has 31 nitrogen and oxygen atoms in total. The van der Waals surface area contributed by atoms with E-state index < -0.39 is 124 Å². The molecular formula is C95H68BrCl4F15ILiN11O20P. The zero-order valence-electron chi connectivity index (χ0n) is 75.5. The number of methoxy groups -OCH3 is 2. The average Bonchev–Trinajstić information content (AvgIpc) is 1.62. The van der Waals surface area contributed by atoms with E-state index in [1.54, 1.807) is 67.6 Å². The largest absolute Gasteiger partial charge is 1.00 e. The molecule has 14 heterocycles. The molecule has 0 spiro atoms. The van der Waals surface area contributed by atoms with Gasteiger partial charge < -0.3 is 89.9 Å². The third-order valence-corrected chi connectivity index (χ3v) is 21.6. The number of alkyl halides is 16. The number of aromatic amines is 1. The number of halogens is 21. The van der Waals surface area contributed by atoms with Gasteiger partial charge >= 0.3 is 102 Å². The predicted molar refractivity (Wildman–Crippen MR) is 495 cm³/mol. The summed E-state index contributed by atoms with van der Waals surface area (Å²) in [4.78, 5) is 123. The molecule has 0 amide bonds. The van der Waals surface area contributed by atoms with Crippen molar-refractivity contribution in [1.82, 2.24) is 49.8 Å². The summed E-state index contributed by atoms with van der Waals surface area (Å²) < 4.78 is 267. The number of ether oxygens (including phenoxy) is 7. The van der Waals surface area contributed by atoms with Gasteiger partial charge in [-0.2, -0.15) is 90.8 Å². The maximum Gasteiger partial charge on any atom is 1.00 e. The second kappa shape index (κ2) is 50.1. The molecule has 19 rings (SSSR count). The van der Waals surface area contributed by atoms with Gasteiger partial charge in [-0.3, -0.25) is 9.36 Å². The first-order chi connectivity index (χ1) is 69.2. The molecule has 0 radical (unpaired) electrons. The number of H-pyrrole nitrogens is 1. The average molecular weight is 2360 g/mol. The fourth-order valence-electron chi connectivity index (χ4n) is 14.9. The summed E-state index contributed by atoms with van der Waals surface area (Å²) in [5.41, 5.74) is 2.57. The summed E-state index contributed by atoms with van der Waals surface area (Å²) >= 11 is 22.8. The molecule has 5 aromatic carbocycles. The SMILES string of the molecule is C.CCOC(=O)c1c(C=O)nc(OC)nc1-c1ccco1.COc1nc(-c2ccco2)c2c(n1)C(Cc1ccccc1C(F)(F)F)OC2=O.FC(F)(F)c1ccccc1CBr.Nc1nc(-c2ccco2)c2c(n1)C(Cc1ccccc1C(F)(F)F)OC2=O.O=C1OC(Cc2ccccc2C(F)(F)F)c2[nH]c(=O)nc(-c3ccco3)c21.O=C1OC(Cc2ccccc2C(F)(F)F)c2nc(Cl)nc(-c3ccco3)c21.O=P(Cl)(Cl)Cl.[I-].[Li+]. The Morgan fingerprint density at radius 3 is 1.05 bits per heavy atom. The first kappa shape index (κ1) is 117. The van der Waals surface area contributed by atoms with Gasteiger partial charge in [0.1, 0.15) is 103 Å². The molecule has 0 saturated carbocycles.